The number of nitro groups is 1. The van der Waals surface area contributed by atoms with Gasteiger partial charge in [0.1, 0.15) is 0 Å². The maximum atomic E-state index is 13.0. The van der Waals surface area contributed by atoms with Crippen molar-refractivity contribution < 1.29 is 27.6 Å². The van der Waals surface area contributed by atoms with E-state index in [9.17, 15) is 28.1 Å². The van der Waals surface area contributed by atoms with Crippen molar-refractivity contribution >= 4 is 11.8 Å². The van der Waals surface area contributed by atoms with E-state index in [0.717, 1.165) is 25.5 Å². The molecule has 0 atom stereocenters. The summed E-state index contributed by atoms with van der Waals surface area (Å²) in [6.45, 7) is 6.29. The zero-order chi connectivity index (χ0) is 22.8. The number of carbonyl (C=O) groups excluding carboxylic acids is 1. The number of hydrogen-bond donors (Lipinski definition) is 0. The van der Waals surface area contributed by atoms with Crippen molar-refractivity contribution in [1.29, 1.82) is 0 Å². The number of rotatable bonds is 5. The van der Waals surface area contributed by atoms with Gasteiger partial charge >= 0.3 is 12.3 Å². The number of ether oxygens (including phenoxy) is 1. The van der Waals surface area contributed by atoms with Gasteiger partial charge in [0, 0.05) is 36.8 Å². The van der Waals surface area contributed by atoms with E-state index in [1.54, 1.807) is 4.90 Å². The lowest BCUT2D eigenvalue weighted by Crippen LogP contribution is -2.53. The molecule has 1 amide bonds. The Kier molecular flexibility index (Phi) is 6.78. The summed E-state index contributed by atoms with van der Waals surface area (Å²) in [5.41, 5.74) is -1.46. The fourth-order valence-corrected chi connectivity index (χ4v) is 4.49. The Hall–Kier alpha value is -2.36. The summed E-state index contributed by atoms with van der Waals surface area (Å²) >= 11 is 0. The smallest absolute Gasteiger partial charge is 0.416 e. The van der Waals surface area contributed by atoms with Gasteiger partial charge in [-0.15, -0.1) is 0 Å². The average Bonchev–Trinajstić information content (AvgIpc) is 3.07. The number of benzene rings is 1. The van der Waals surface area contributed by atoms with Crippen molar-refractivity contribution in [1.82, 2.24) is 9.80 Å². The largest absolute Gasteiger partial charge is 0.449 e. The highest BCUT2D eigenvalue weighted by molar-refractivity contribution is 5.67. The zero-order valence-electron chi connectivity index (χ0n) is 17.8. The Bertz CT molecular complexity index is 821. The van der Waals surface area contributed by atoms with Crippen molar-refractivity contribution in [2.75, 3.05) is 26.2 Å². The highest BCUT2D eigenvalue weighted by atomic mass is 19.4. The van der Waals surface area contributed by atoms with E-state index < -0.39 is 22.4 Å². The maximum Gasteiger partial charge on any atom is 0.416 e. The Morgan fingerprint density at radius 3 is 2.48 bits per heavy atom. The van der Waals surface area contributed by atoms with Crippen molar-refractivity contribution in [2.45, 2.75) is 57.8 Å². The van der Waals surface area contributed by atoms with Crippen LogP contribution < -0.4 is 0 Å². The van der Waals surface area contributed by atoms with Crippen molar-refractivity contribution in [3.8, 4) is 0 Å². The minimum Gasteiger partial charge on any atom is -0.449 e. The summed E-state index contributed by atoms with van der Waals surface area (Å²) in [7, 11) is 0. The Morgan fingerprint density at radius 1 is 1.23 bits per heavy atom. The van der Waals surface area contributed by atoms with Gasteiger partial charge in [0.25, 0.3) is 5.69 Å². The van der Waals surface area contributed by atoms with E-state index in [-0.39, 0.29) is 29.7 Å². The second kappa shape index (κ2) is 9.02. The van der Waals surface area contributed by atoms with Gasteiger partial charge in [-0.2, -0.15) is 13.2 Å². The molecule has 1 spiro atoms. The van der Waals surface area contributed by atoms with E-state index in [0.29, 0.717) is 38.6 Å². The molecule has 0 aromatic heterocycles. The molecule has 2 heterocycles. The van der Waals surface area contributed by atoms with Crippen molar-refractivity contribution in [2.24, 2.45) is 5.92 Å². The predicted octanol–water partition coefficient (Wildman–Crippen LogP) is 4.84. The minimum absolute atomic E-state index is 0.203. The number of likely N-dealkylation sites (tertiary alicyclic amines) is 2. The summed E-state index contributed by atoms with van der Waals surface area (Å²) in [5, 5.41) is 11.4. The molecule has 7 nitrogen and oxygen atoms in total. The first-order valence-corrected chi connectivity index (χ1v) is 10.5. The van der Waals surface area contributed by atoms with Crippen LogP contribution in [-0.4, -0.2) is 52.6 Å². The summed E-state index contributed by atoms with van der Waals surface area (Å²) < 4.78 is 44.2. The molecular formula is C21H28F3N3O4. The fourth-order valence-electron chi connectivity index (χ4n) is 4.49. The first-order chi connectivity index (χ1) is 14.5. The van der Waals surface area contributed by atoms with Crippen LogP contribution in [0, 0.1) is 16.0 Å². The van der Waals surface area contributed by atoms with E-state index in [1.165, 1.54) is 6.07 Å². The Balaban J connectivity index is 1.71. The quantitative estimate of drug-likeness (QED) is 0.481. The van der Waals surface area contributed by atoms with Gasteiger partial charge in [-0.05, 0) is 44.2 Å². The standard InChI is InChI=1S/C21H28F3N3O4/c1-15(2)14-31-19(28)25-10-7-20(8-11-25)6-3-9-26(20)13-16-4-5-17(21(22,23)24)12-18(16)27(29)30/h4-5,12,15H,3,6-11,13-14H2,1-2H3. The van der Waals surface area contributed by atoms with E-state index in [2.05, 4.69) is 4.90 Å². The molecule has 3 rings (SSSR count). The molecule has 0 bridgehead atoms. The van der Waals surface area contributed by atoms with Crippen LogP contribution in [0.1, 0.15) is 50.7 Å². The van der Waals surface area contributed by atoms with Gasteiger partial charge in [0.2, 0.25) is 0 Å². The summed E-state index contributed by atoms with van der Waals surface area (Å²) in [5.74, 6) is 0.255. The van der Waals surface area contributed by atoms with Gasteiger partial charge in [0.15, 0.2) is 0 Å². The third-order valence-corrected chi connectivity index (χ3v) is 6.20. The second-order valence-electron chi connectivity index (χ2n) is 8.81. The van der Waals surface area contributed by atoms with Crippen LogP contribution in [0.3, 0.4) is 0 Å². The highest BCUT2D eigenvalue weighted by Gasteiger charge is 2.44. The van der Waals surface area contributed by atoms with Gasteiger partial charge in [-0.25, -0.2) is 4.79 Å². The van der Waals surface area contributed by atoms with Crippen LogP contribution in [0.2, 0.25) is 0 Å². The molecule has 0 saturated carbocycles. The van der Waals surface area contributed by atoms with E-state index in [1.807, 2.05) is 13.8 Å². The number of piperidine rings is 1. The first-order valence-electron chi connectivity index (χ1n) is 10.5. The van der Waals surface area contributed by atoms with Crippen LogP contribution in [0.25, 0.3) is 0 Å². The molecule has 2 fully saturated rings. The molecule has 31 heavy (non-hydrogen) atoms. The van der Waals surface area contributed by atoms with E-state index in [4.69, 9.17) is 4.74 Å². The van der Waals surface area contributed by atoms with Crippen LogP contribution in [0.4, 0.5) is 23.7 Å². The lowest BCUT2D eigenvalue weighted by molar-refractivity contribution is -0.386. The molecule has 2 aliphatic heterocycles. The Labute approximate surface area is 179 Å². The monoisotopic (exact) mass is 443 g/mol. The number of amides is 1. The second-order valence-corrected chi connectivity index (χ2v) is 8.81. The number of alkyl halides is 3. The van der Waals surface area contributed by atoms with Gasteiger partial charge < -0.3 is 9.64 Å². The van der Waals surface area contributed by atoms with Gasteiger partial charge in [-0.1, -0.05) is 19.9 Å². The molecular weight excluding hydrogens is 415 g/mol. The van der Waals surface area contributed by atoms with Gasteiger partial charge in [0.05, 0.1) is 17.1 Å². The highest BCUT2D eigenvalue weighted by Crippen LogP contribution is 2.41. The SMILES string of the molecule is CC(C)COC(=O)N1CCC2(CCCN2Cc2ccc(C(F)(F)F)cc2[N+](=O)[O-])CC1. The normalized spacial score (nSPS) is 19.2. The lowest BCUT2D eigenvalue weighted by Gasteiger charge is -2.44. The average molecular weight is 443 g/mol. The molecule has 0 aliphatic carbocycles. The lowest BCUT2D eigenvalue weighted by atomic mass is 9.84. The number of halogens is 3. The van der Waals surface area contributed by atoms with Crippen LogP contribution in [-0.2, 0) is 17.5 Å². The summed E-state index contributed by atoms with van der Waals surface area (Å²) in [6, 6.07) is 2.73. The summed E-state index contributed by atoms with van der Waals surface area (Å²) in [4.78, 5) is 26.7. The first kappa shape index (κ1) is 23.3. The fraction of sp³-hybridized carbons (Fsp3) is 0.667. The summed E-state index contributed by atoms with van der Waals surface area (Å²) in [6.07, 6.45) is -1.74. The molecule has 1 aromatic rings. The molecule has 1 aromatic carbocycles. The van der Waals surface area contributed by atoms with Crippen LogP contribution in [0.5, 0.6) is 0 Å². The van der Waals surface area contributed by atoms with Crippen molar-refractivity contribution in [3.63, 3.8) is 0 Å². The number of carbonyl (C=O) groups is 1. The maximum absolute atomic E-state index is 13.0. The predicted molar refractivity (Wildman–Crippen MR) is 107 cm³/mol. The van der Waals surface area contributed by atoms with Crippen molar-refractivity contribution in [3.05, 3.63) is 39.4 Å². The Morgan fingerprint density at radius 2 is 1.90 bits per heavy atom. The minimum atomic E-state index is -4.63. The molecule has 0 N–H and O–H groups in total. The van der Waals surface area contributed by atoms with Gasteiger partial charge in [-0.3, -0.25) is 15.0 Å². The number of nitrogens with zero attached hydrogens (tertiary/aromatic N) is 3. The topological polar surface area (TPSA) is 75.9 Å². The molecule has 2 aliphatic rings. The van der Waals surface area contributed by atoms with E-state index >= 15 is 0 Å². The molecule has 0 unspecified atom stereocenters. The molecule has 0 radical (unpaired) electrons. The zero-order valence-corrected chi connectivity index (χ0v) is 17.8. The third kappa shape index (κ3) is 5.28. The molecule has 172 valence electrons. The number of nitro benzene ring substituents is 1. The third-order valence-electron chi connectivity index (χ3n) is 6.20. The number of hydrogen-bond acceptors (Lipinski definition) is 5. The van der Waals surface area contributed by atoms with Crippen LogP contribution >= 0.6 is 0 Å². The molecule has 10 heteroatoms. The van der Waals surface area contributed by atoms with Crippen LogP contribution in [0.15, 0.2) is 18.2 Å². The molecule has 2 saturated heterocycles.